The standard InChI is InChI=1S/C13H14BrN5O2/c1-15-12-11(19(20)21)13(17-8-16-12)18(2)7-9-4-3-5-10(14)6-9/h3-6,8H,7H2,1-2H3,(H,15,16,17). The van der Waals surface area contributed by atoms with Gasteiger partial charge in [0.2, 0.25) is 11.6 Å². The molecule has 1 N–H and O–H groups in total. The van der Waals surface area contributed by atoms with Crippen molar-refractivity contribution < 1.29 is 4.92 Å². The van der Waals surface area contributed by atoms with E-state index in [0.717, 1.165) is 10.0 Å². The predicted octanol–water partition coefficient (Wildman–Crippen LogP) is 2.83. The van der Waals surface area contributed by atoms with Crippen molar-refractivity contribution in [2.75, 3.05) is 24.3 Å². The second-order valence-corrected chi connectivity index (χ2v) is 5.30. The van der Waals surface area contributed by atoms with Crippen LogP contribution in [0.3, 0.4) is 0 Å². The lowest BCUT2D eigenvalue weighted by atomic mass is 10.2. The summed E-state index contributed by atoms with van der Waals surface area (Å²) in [5.74, 6) is 0.477. The van der Waals surface area contributed by atoms with Gasteiger partial charge in [-0.2, -0.15) is 0 Å². The van der Waals surface area contributed by atoms with Gasteiger partial charge in [-0.15, -0.1) is 0 Å². The van der Waals surface area contributed by atoms with Crippen molar-refractivity contribution in [2.24, 2.45) is 0 Å². The molecule has 1 aromatic heterocycles. The molecule has 21 heavy (non-hydrogen) atoms. The number of halogens is 1. The molecule has 2 rings (SSSR count). The van der Waals surface area contributed by atoms with Gasteiger partial charge in [-0.05, 0) is 17.7 Å². The van der Waals surface area contributed by atoms with Crippen LogP contribution in [0.25, 0.3) is 0 Å². The highest BCUT2D eigenvalue weighted by Gasteiger charge is 2.24. The minimum Gasteiger partial charge on any atom is -0.367 e. The van der Waals surface area contributed by atoms with E-state index in [1.807, 2.05) is 24.3 Å². The highest BCUT2D eigenvalue weighted by atomic mass is 79.9. The van der Waals surface area contributed by atoms with Crippen LogP contribution >= 0.6 is 15.9 Å². The van der Waals surface area contributed by atoms with Gasteiger partial charge < -0.3 is 10.2 Å². The van der Waals surface area contributed by atoms with Crippen molar-refractivity contribution in [3.63, 3.8) is 0 Å². The molecule has 0 saturated carbocycles. The summed E-state index contributed by atoms with van der Waals surface area (Å²) in [6.45, 7) is 0.500. The van der Waals surface area contributed by atoms with E-state index in [2.05, 4.69) is 31.2 Å². The van der Waals surface area contributed by atoms with E-state index in [1.54, 1.807) is 19.0 Å². The van der Waals surface area contributed by atoms with E-state index in [0.29, 0.717) is 6.54 Å². The summed E-state index contributed by atoms with van der Waals surface area (Å²) >= 11 is 3.41. The number of nitrogens with zero attached hydrogens (tertiary/aromatic N) is 4. The van der Waals surface area contributed by atoms with E-state index in [1.165, 1.54) is 6.33 Å². The van der Waals surface area contributed by atoms with Crippen LogP contribution in [0.4, 0.5) is 17.3 Å². The molecule has 0 aliphatic heterocycles. The van der Waals surface area contributed by atoms with Gasteiger partial charge in [0, 0.05) is 25.1 Å². The van der Waals surface area contributed by atoms with E-state index >= 15 is 0 Å². The largest absolute Gasteiger partial charge is 0.367 e. The summed E-state index contributed by atoms with van der Waals surface area (Å²) in [7, 11) is 3.35. The van der Waals surface area contributed by atoms with Crippen LogP contribution in [-0.2, 0) is 6.54 Å². The summed E-state index contributed by atoms with van der Waals surface area (Å²) < 4.78 is 0.960. The SMILES string of the molecule is CNc1ncnc(N(C)Cc2cccc(Br)c2)c1[N+](=O)[O-]. The van der Waals surface area contributed by atoms with Crippen LogP contribution in [0.2, 0.25) is 0 Å². The van der Waals surface area contributed by atoms with Crippen LogP contribution in [0.15, 0.2) is 35.1 Å². The quantitative estimate of drug-likeness (QED) is 0.658. The fraction of sp³-hybridized carbons (Fsp3) is 0.231. The van der Waals surface area contributed by atoms with Crippen LogP contribution < -0.4 is 10.2 Å². The Bertz CT molecular complexity index is 665. The second-order valence-electron chi connectivity index (χ2n) is 4.39. The third-order valence-corrected chi connectivity index (χ3v) is 3.39. The first kappa shape index (κ1) is 15.2. The second kappa shape index (κ2) is 6.49. The summed E-state index contributed by atoms with van der Waals surface area (Å²) in [4.78, 5) is 20.4. The topological polar surface area (TPSA) is 84.2 Å². The molecule has 1 heterocycles. The molecule has 1 aromatic carbocycles. The average molecular weight is 352 g/mol. The van der Waals surface area contributed by atoms with Crippen molar-refractivity contribution in [1.82, 2.24) is 9.97 Å². The van der Waals surface area contributed by atoms with Crippen LogP contribution in [0.5, 0.6) is 0 Å². The Labute approximate surface area is 130 Å². The van der Waals surface area contributed by atoms with E-state index in [4.69, 9.17) is 0 Å². The van der Waals surface area contributed by atoms with Gasteiger partial charge in [-0.3, -0.25) is 10.1 Å². The van der Waals surface area contributed by atoms with E-state index in [-0.39, 0.29) is 17.3 Å². The van der Waals surface area contributed by atoms with E-state index in [9.17, 15) is 10.1 Å². The van der Waals surface area contributed by atoms with Gasteiger partial charge in [0.25, 0.3) is 0 Å². The van der Waals surface area contributed by atoms with Crippen molar-refractivity contribution in [2.45, 2.75) is 6.54 Å². The molecule has 0 saturated heterocycles. The maximum atomic E-state index is 11.3. The Morgan fingerprint density at radius 3 is 2.81 bits per heavy atom. The third kappa shape index (κ3) is 3.46. The van der Waals surface area contributed by atoms with Crippen molar-refractivity contribution in [3.05, 3.63) is 50.7 Å². The molecular formula is C13H14BrN5O2. The molecule has 7 nitrogen and oxygen atoms in total. The molecule has 0 fully saturated rings. The molecule has 0 radical (unpaired) electrons. The number of benzene rings is 1. The zero-order chi connectivity index (χ0) is 15.4. The maximum absolute atomic E-state index is 11.3. The van der Waals surface area contributed by atoms with E-state index < -0.39 is 4.92 Å². The summed E-state index contributed by atoms with van der Waals surface area (Å²) in [5, 5.41) is 14.0. The number of aromatic nitrogens is 2. The minimum atomic E-state index is -0.474. The van der Waals surface area contributed by atoms with Crippen molar-refractivity contribution >= 4 is 33.3 Å². The van der Waals surface area contributed by atoms with Crippen LogP contribution in [-0.4, -0.2) is 29.0 Å². The van der Waals surface area contributed by atoms with Gasteiger partial charge in [0.05, 0.1) is 4.92 Å². The predicted molar refractivity (Wildman–Crippen MR) is 84.5 cm³/mol. The smallest absolute Gasteiger partial charge is 0.353 e. The minimum absolute atomic E-state index is 0.127. The Morgan fingerprint density at radius 2 is 2.19 bits per heavy atom. The number of rotatable bonds is 5. The molecule has 8 heteroatoms. The Hall–Kier alpha value is -2.22. The molecule has 0 aliphatic rings. The number of nitro groups is 1. The molecule has 2 aromatic rings. The first-order valence-corrected chi connectivity index (χ1v) is 6.95. The fourth-order valence-corrected chi connectivity index (χ4v) is 2.43. The Morgan fingerprint density at radius 1 is 1.43 bits per heavy atom. The Kier molecular flexibility index (Phi) is 4.69. The van der Waals surface area contributed by atoms with Crippen LogP contribution in [0.1, 0.15) is 5.56 Å². The summed E-state index contributed by atoms with van der Waals surface area (Å²) in [6, 6.07) is 7.76. The Balaban J connectivity index is 2.35. The molecular weight excluding hydrogens is 338 g/mol. The highest BCUT2D eigenvalue weighted by molar-refractivity contribution is 9.10. The molecule has 110 valence electrons. The van der Waals surface area contributed by atoms with Crippen molar-refractivity contribution in [3.8, 4) is 0 Å². The number of hydrogen-bond acceptors (Lipinski definition) is 6. The monoisotopic (exact) mass is 351 g/mol. The first-order chi connectivity index (χ1) is 10.0. The first-order valence-electron chi connectivity index (χ1n) is 6.15. The molecule has 0 aliphatic carbocycles. The number of nitrogens with one attached hydrogen (secondary N) is 1. The zero-order valence-electron chi connectivity index (χ0n) is 11.6. The van der Waals surface area contributed by atoms with Gasteiger partial charge >= 0.3 is 5.69 Å². The molecule has 0 unspecified atom stereocenters. The molecule has 0 atom stereocenters. The van der Waals surface area contributed by atoms with Gasteiger partial charge in [-0.1, -0.05) is 28.1 Å². The average Bonchev–Trinajstić information content (AvgIpc) is 2.46. The zero-order valence-corrected chi connectivity index (χ0v) is 13.2. The normalized spacial score (nSPS) is 10.2. The fourth-order valence-electron chi connectivity index (χ4n) is 1.98. The van der Waals surface area contributed by atoms with Crippen molar-refractivity contribution in [1.29, 1.82) is 0 Å². The summed E-state index contributed by atoms with van der Waals surface area (Å²) in [6.07, 6.45) is 1.31. The lowest BCUT2D eigenvalue weighted by Gasteiger charge is -2.18. The highest BCUT2D eigenvalue weighted by Crippen LogP contribution is 2.31. The maximum Gasteiger partial charge on any atom is 0.353 e. The van der Waals surface area contributed by atoms with Gasteiger partial charge in [0.15, 0.2) is 0 Å². The number of anilines is 2. The lowest BCUT2D eigenvalue weighted by molar-refractivity contribution is -0.383. The van der Waals surface area contributed by atoms with Gasteiger partial charge in [-0.25, -0.2) is 9.97 Å². The molecule has 0 amide bonds. The lowest BCUT2D eigenvalue weighted by Crippen LogP contribution is -2.20. The third-order valence-electron chi connectivity index (χ3n) is 2.89. The number of hydrogen-bond donors (Lipinski definition) is 1. The van der Waals surface area contributed by atoms with Crippen LogP contribution in [0, 0.1) is 10.1 Å². The molecule has 0 spiro atoms. The molecule has 0 bridgehead atoms. The summed E-state index contributed by atoms with van der Waals surface area (Å²) in [5.41, 5.74) is 0.892. The van der Waals surface area contributed by atoms with Gasteiger partial charge in [0.1, 0.15) is 6.33 Å².